The Labute approximate surface area is 200 Å². The Kier molecular flexibility index (Phi) is 6.50. The molecule has 4 N–H and O–H groups in total. The van der Waals surface area contributed by atoms with E-state index >= 15 is 0 Å². The van der Waals surface area contributed by atoms with E-state index < -0.39 is 23.5 Å². The van der Waals surface area contributed by atoms with Gasteiger partial charge in [-0.1, -0.05) is 0 Å². The van der Waals surface area contributed by atoms with Crippen LogP contribution in [0.25, 0.3) is 21.9 Å². The SMILES string of the molecule is COc1ccc2c(C)c(CCC(=O)N[C@H](Cc3c[nH]c4ccc(O)cc34)C(=O)O)c(=O)oc2c1C. The van der Waals surface area contributed by atoms with Crippen molar-refractivity contribution in [1.82, 2.24) is 10.3 Å². The Morgan fingerprint density at radius 1 is 1.14 bits per heavy atom. The molecule has 0 aliphatic carbocycles. The molecule has 182 valence electrons. The molecule has 0 saturated carbocycles. The first-order valence-corrected chi connectivity index (χ1v) is 11.1. The van der Waals surface area contributed by atoms with Gasteiger partial charge in [-0.05, 0) is 61.7 Å². The van der Waals surface area contributed by atoms with E-state index in [-0.39, 0.29) is 25.0 Å². The van der Waals surface area contributed by atoms with Gasteiger partial charge in [0.2, 0.25) is 5.91 Å². The summed E-state index contributed by atoms with van der Waals surface area (Å²) in [5, 5.41) is 23.4. The van der Waals surface area contributed by atoms with E-state index in [2.05, 4.69) is 10.3 Å². The number of aromatic amines is 1. The van der Waals surface area contributed by atoms with Gasteiger partial charge < -0.3 is 29.7 Å². The quantitative estimate of drug-likeness (QED) is 0.285. The standard InChI is InChI=1S/C26H26N2O7/c1-13-17-5-8-22(34-3)14(2)24(17)35-26(33)18(13)6-9-23(30)28-21(25(31)32)10-15-12-27-20-7-4-16(29)11-19(15)20/h4-5,7-8,11-12,21,27,29H,6,9-10H2,1-3H3,(H,28,30)(H,31,32)/t21-/m1/s1. The third-order valence-electron chi connectivity index (χ3n) is 6.28. The van der Waals surface area contributed by atoms with Gasteiger partial charge in [0.05, 0.1) is 7.11 Å². The summed E-state index contributed by atoms with van der Waals surface area (Å²) >= 11 is 0. The minimum atomic E-state index is -1.18. The van der Waals surface area contributed by atoms with Crippen molar-refractivity contribution >= 4 is 33.7 Å². The van der Waals surface area contributed by atoms with Crippen molar-refractivity contribution < 1.29 is 29.0 Å². The summed E-state index contributed by atoms with van der Waals surface area (Å²) in [5.41, 5.74) is 3.10. The second-order valence-corrected chi connectivity index (χ2v) is 8.47. The number of phenols is 1. The van der Waals surface area contributed by atoms with Crippen molar-refractivity contribution in [3.63, 3.8) is 0 Å². The van der Waals surface area contributed by atoms with Crippen LogP contribution >= 0.6 is 0 Å². The Morgan fingerprint density at radius 2 is 1.91 bits per heavy atom. The number of carboxylic acids is 1. The molecule has 1 atom stereocenters. The molecule has 0 unspecified atom stereocenters. The Morgan fingerprint density at radius 3 is 2.63 bits per heavy atom. The summed E-state index contributed by atoms with van der Waals surface area (Å²) < 4.78 is 10.8. The van der Waals surface area contributed by atoms with Crippen LogP contribution in [-0.2, 0) is 22.4 Å². The fourth-order valence-corrected chi connectivity index (χ4v) is 4.34. The largest absolute Gasteiger partial charge is 0.508 e. The highest BCUT2D eigenvalue weighted by molar-refractivity contribution is 5.88. The van der Waals surface area contributed by atoms with Gasteiger partial charge in [-0.25, -0.2) is 9.59 Å². The van der Waals surface area contributed by atoms with Crippen LogP contribution < -0.4 is 15.7 Å². The molecule has 2 heterocycles. The number of aromatic hydroxyl groups is 1. The zero-order chi connectivity index (χ0) is 25.3. The lowest BCUT2D eigenvalue weighted by Crippen LogP contribution is -2.42. The molecule has 4 aromatic rings. The molecule has 0 radical (unpaired) electrons. The number of methoxy groups -OCH3 is 1. The van der Waals surface area contributed by atoms with Crippen LogP contribution in [0.5, 0.6) is 11.5 Å². The predicted octanol–water partition coefficient (Wildman–Crippen LogP) is 3.35. The van der Waals surface area contributed by atoms with Crippen molar-refractivity contribution in [1.29, 1.82) is 0 Å². The van der Waals surface area contributed by atoms with Crippen molar-refractivity contribution in [3.8, 4) is 11.5 Å². The summed E-state index contributed by atoms with van der Waals surface area (Å²) in [4.78, 5) is 40.1. The number of fused-ring (bicyclic) bond motifs is 2. The lowest BCUT2D eigenvalue weighted by atomic mass is 10.00. The van der Waals surface area contributed by atoms with Crippen molar-refractivity contribution in [2.45, 2.75) is 39.2 Å². The smallest absolute Gasteiger partial charge is 0.339 e. The minimum Gasteiger partial charge on any atom is -0.508 e. The molecule has 0 fully saturated rings. The molecule has 0 aliphatic heterocycles. The molecular formula is C26H26N2O7. The highest BCUT2D eigenvalue weighted by Crippen LogP contribution is 2.29. The van der Waals surface area contributed by atoms with Crippen LogP contribution in [0.1, 0.15) is 28.7 Å². The lowest BCUT2D eigenvalue weighted by molar-refractivity contribution is -0.141. The van der Waals surface area contributed by atoms with E-state index in [0.717, 1.165) is 10.9 Å². The Bertz CT molecular complexity index is 1500. The third kappa shape index (κ3) is 4.70. The monoisotopic (exact) mass is 478 g/mol. The number of amides is 1. The van der Waals surface area contributed by atoms with E-state index in [1.54, 1.807) is 45.4 Å². The summed E-state index contributed by atoms with van der Waals surface area (Å²) in [5.74, 6) is -1.01. The third-order valence-corrected chi connectivity index (χ3v) is 6.28. The fraction of sp³-hybridized carbons (Fsp3) is 0.269. The maximum atomic E-state index is 12.7. The van der Waals surface area contributed by atoms with Crippen molar-refractivity contribution in [3.05, 3.63) is 69.2 Å². The van der Waals surface area contributed by atoms with Crippen LogP contribution in [0.2, 0.25) is 0 Å². The van der Waals surface area contributed by atoms with Gasteiger partial charge in [0.25, 0.3) is 0 Å². The average molecular weight is 479 g/mol. The second kappa shape index (κ2) is 9.54. The zero-order valence-corrected chi connectivity index (χ0v) is 19.6. The topological polar surface area (TPSA) is 142 Å². The summed E-state index contributed by atoms with van der Waals surface area (Å²) in [7, 11) is 1.54. The number of hydrogen-bond acceptors (Lipinski definition) is 6. The van der Waals surface area contributed by atoms with E-state index in [4.69, 9.17) is 9.15 Å². The van der Waals surface area contributed by atoms with E-state index in [9.17, 15) is 24.6 Å². The normalized spacial score (nSPS) is 12.1. The summed E-state index contributed by atoms with van der Waals surface area (Å²) in [6, 6.07) is 7.19. The van der Waals surface area contributed by atoms with Gasteiger partial charge in [0, 0.05) is 46.5 Å². The number of aromatic nitrogens is 1. The molecular weight excluding hydrogens is 452 g/mol. The highest BCUT2D eigenvalue weighted by Gasteiger charge is 2.23. The molecule has 4 rings (SSSR count). The first-order valence-electron chi connectivity index (χ1n) is 11.1. The maximum absolute atomic E-state index is 12.7. The maximum Gasteiger partial charge on any atom is 0.339 e. The molecule has 1 amide bonds. The zero-order valence-electron chi connectivity index (χ0n) is 19.6. The molecule has 9 nitrogen and oxygen atoms in total. The van der Waals surface area contributed by atoms with Crippen LogP contribution in [-0.4, -0.2) is 40.2 Å². The van der Waals surface area contributed by atoms with E-state index in [1.807, 2.05) is 6.07 Å². The van der Waals surface area contributed by atoms with E-state index in [0.29, 0.717) is 39.0 Å². The van der Waals surface area contributed by atoms with Crippen LogP contribution in [0.4, 0.5) is 0 Å². The number of H-pyrrole nitrogens is 1. The average Bonchev–Trinajstić information content (AvgIpc) is 3.21. The van der Waals surface area contributed by atoms with Gasteiger partial charge in [0.1, 0.15) is 23.1 Å². The molecule has 0 spiro atoms. The van der Waals surface area contributed by atoms with Crippen LogP contribution in [0.3, 0.4) is 0 Å². The number of carbonyl (C=O) groups excluding carboxylic acids is 1. The molecule has 0 saturated heterocycles. The molecule has 2 aromatic heterocycles. The number of aryl methyl sites for hydroxylation is 2. The highest BCUT2D eigenvalue weighted by atomic mass is 16.5. The first-order chi connectivity index (χ1) is 16.7. The number of carbonyl (C=O) groups is 2. The number of carboxylic acid groups (broad SMARTS) is 1. The van der Waals surface area contributed by atoms with Crippen LogP contribution in [0.15, 0.2) is 45.7 Å². The van der Waals surface area contributed by atoms with Gasteiger partial charge in [-0.15, -0.1) is 0 Å². The number of aliphatic carboxylic acids is 1. The molecule has 2 aromatic carbocycles. The van der Waals surface area contributed by atoms with Crippen molar-refractivity contribution in [2.75, 3.05) is 7.11 Å². The summed E-state index contributed by atoms with van der Waals surface area (Å²) in [6.07, 6.45) is 1.72. The molecule has 0 aliphatic rings. The van der Waals surface area contributed by atoms with Gasteiger partial charge in [-0.2, -0.15) is 0 Å². The Balaban J connectivity index is 1.49. The predicted molar refractivity (Wildman–Crippen MR) is 130 cm³/mol. The molecule has 35 heavy (non-hydrogen) atoms. The number of phenolic OH excluding ortho intramolecular Hbond substituents is 1. The Hall–Kier alpha value is -4.27. The second-order valence-electron chi connectivity index (χ2n) is 8.47. The first kappa shape index (κ1) is 23.9. The number of rotatable bonds is 8. The number of hydrogen-bond donors (Lipinski definition) is 4. The van der Waals surface area contributed by atoms with Crippen molar-refractivity contribution in [2.24, 2.45) is 0 Å². The number of ether oxygens (including phenoxy) is 1. The van der Waals surface area contributed by atoms with Gasteiger partial charge >= 0.3 is 11.6 Å². The number of nitrogens with one attached hydrogen (secondary N) is 2. The molecule has 9 heteroatoms. The fourth-order valence-electron chi connectivity index (χ4n) is 4.34. The van der Waals surface area contributed by atoms with Crippen LogP contribution in [0, 0.1) is 13.8 Å². The van der Waals surface area contributed by atoms with Gasteiger partial charge in [-0.3, -0.25) is 4.79 Å². The van der Waals surface area contributed by atoms with Gasteiger partial charge in [0.15, 0.2) is 0 Å². The number of benzene rings is 2. The summed E-state index contributed by atoms with van der Waals surface area (Å²) in [6.45, 7) is 3.60. The minimum absolute atomic E-state index is 0.0305. The van der Waals surface area contributed by atoms with E-state index in [1.165, 1.54) is 6.07 Å². The molecule has 0 bridgehead atoms. The lowest BCUT2D eigenvalue weighted by Gasteiger charge is -2.15.